The fourth-order valence-electron chi connectivity index (χ4n) is 1.25. The summed E-state index contributed by atoms with van der Waals surface area (Å²) < 4.78 is 0. The Morgan fingerprint density at radius 2 is 2.12 bits per heavy atom. The zero-order chi connectivity index (χ0) is 12.3. The highest BCUT2D eigenvalue weighted by Gasteiger charge is 2.17. The maximum absolute atomic E-state index is 11.4. The number of carbonyl (C=O) groups excluding carboxylic acids is 1. The molecule has 0 bridgehead atoms. The third-order valence-corrected chi connectivity index (χ3v) is 2.43. The van der Waals surface area contributed by atoms with E-state index in [9.17, 15) is 9.59 Å². The monoisotopic (exact) mass is 242 g/mol. The molecule has 0 atom stereocenters. The Hall–Kier alpha value is -1.16. The van der Waals surface area contributed by atoms with Crippen LogP contribution in [0.15, 0.2) is 10.9 Å². The first kappa shape index (κ1) is 12.9. The molecule has 0 fully saturated rings. The lowest BCUT2D eigenvalue weighted by molar-refractivity contribution is -0.111. The number of hydrogen-bond donors (Lipinski definition) is 1. The van der Waals surface area contributed by atoms with Gasteiger partial charge in [-0.3, -0.25) is 9.59 Å². The first-order valence-electron chi connectivity index (χ1n) is 5.08. The normalized spacial score (nSPS) is 11.5. The number of aryl methyl sites for hydroxylation is 1. The molecule has 0 spiro atoms. The maximum atomic E-state index is 11.4. The lowest BCUT2D eigenvalue weighted by atomic mass is 9.91. The third kappa shape index (κ3) is 3.45. The van der Waals surface area contributed by atoms with Crippen molar-refractivity contribution in [2.75, 3.05) is 0 Å². The van der Waals surface area contributed by atoms with Crippen LogP contribution in [0.4, 0.5) is 0 Å². The molecule has 0 amide bonds. The molecule has 1 rings (SSSR count). The van der Waals surface area contributed by atoms with E-state index in [0.29, 0.717) is 12.0 Å². The van der Waals surface area contributed by atoms with Gasteiger partial charge in [0.25, 0.3) is 5.56 Å². The molecule has 5 heteroatoms. The van der Waals surface area contributed by atoms with Gasteiger partial charge in [0.1, 0.15) is 0 Å². The van der Waals surface area contributed by atoms with Gasteiger partial charge in [-0.25, -0.2) is 5.10 Å². The fraction of sp³-hybridized carbons (Fsp3) is 0.545. The van der Waals surface area contributed by atoms with Crippen molar-refractivity contribution >= 4 is 16.8 Å². The summed E-state index contributed by atoms with van der Waals surface area (Å²) in [7, 11) is 0. The molecule has 16 heavy (non-hydrogen) atoms. The number of aromatic amines is 1. The summed E-state index contributed by atoms with van der Waals surface area (Å²) in [5.41, 5.74) is 0.952. The van der Waals surface area contributed by atoms with Gasteiger partial charge in [0.2, 0.25) is 5.24 Å². The van der Waals surface area contributed by atoms with Crippen molar-refractivity contribution in [1.29, 1.82) is 0 Å². The molecular formula is C11H15ClN2O2. The van der Waals surface area contributed by atoms with E-state index in [0.717, 1.165) is 5.69 Å². The van der Waals surface area contributed by atoms with Gasteiger partial charge in [-0.2, -0.15) is 5.10 Å². The average molecular weight is 243 g/mol. The van der Waals surface area contributed by atoms with Gasteiger partial charge < -0.3 is 0 Å². The summed E-state index contributed by atoms with van der Waals surface area (Å²) in [6, 6.07) is 1.73. The lowest BCUT2D eigenvalue weighted by Crippen LogP contribution is -2.22. The Bertz CT molecular complexity index is 446. The Balaban J connectivity index is 3.00. The van der Waals surface area contributed by atoms with Crippen molar-refractivity contribution < 1.29 is 4.79 Å². The van der Waals surface area contributed by atoms with Crippen LogP contribution < -0.4 is 5.56 Å². The fourth-order valence-corrected chi connectivity index (χ4v) is 1.34. The molecule has 0 aliphatic heterocycles. The SMILES string of the molecule is CC(C)(C)c1cc(CCC(=O)Cl)c(=O)[nH]n1. The topological polar surface area (TPSA) is 62.8 Å². The van der Waals surface area contributed by atoms with Crippen LogP contribution in [0.3, 0.4) is 0 Å². The predicted molar refractivity (Wildman–Crippen MR) is 62.7 cm³/mol. The maximum Gasteiger partial charge on any atom is 0.267 e. The molecule has 0 aliphatic rings. The zero-order valence-corrected chi connectivity index (χ0v) is 10.4. The van der Waals surface area contributed by atoms with Crippen molar-refractivity contribution in [2.45, 2.75) is 39.0 Å². The van der Waals surface area contributed by atoms with Crippen molar-refractivity contribution in [1.82, 2.24) is 10.2 Å². The van der Waals surface area contributed by atoms with Crippen LogP contribution in [0.5, 0.6) is 0 Å². The minimum absolute atomic E-state index is 0.135. The summed E-state index contributed by atoms with van der Waals surface area (Å²) >= 11 is 5.24. The molecule has 1 N–H and O–H groups in total. The smallest absolute Gasteiger partial charge is 0.267 e. The van der Waals surface area contributed by atoms with Gasteiger partial charge in [-0.15, -0.1) is 0 Å². The molecule has 1 aromatic heterocycles. The number of nitrogens with one attached hydrogen (secondary N) is 1. The highest BCUT2D eigenvalue weighted by Crippen LogP contribution is 2.19. The number of H-pyrrole nitrogens is 1. The molecule has 1 aromatic rings. The highest BCUT2D eigenvalue weighted by atomic mass is 35.5. The first-order chi connectivity index (χ1) is 7.30. The minimum Gasteiger partial charge on any atom is -0.281 e. The van der Waals surface area contributed by atoms with Gasteiger partial charge in [0.05, 0.1) is 5.69 Å². The van der Waals surface area contributed by atoms with E-state index in [1.807, 2.05) is 20.8 Å². The van der Waals surface area contributed by atoms with Gasteiger partial charge in [-0.05, 0) is 24.1 Å². The molecule has 0 saturated carbocycles. The molecule has 0 radical (unpaired) electrons. The van der Waals surface area contributed by atoms with Crippen molar-refractivity contribution in [3.05, 3.63) is 27.7 Å². The third-order valence-electron chi connectivity index (χ3n) is 2.24. The van der Waals surface area contributed by atoms with E-state index in [1.165, 1.54) is 0 Å². The van der Waals surface area contributed by atoms with Gasteiger partial charge in [-0.1, -0.05) is 20.8 Å². The Labute approximate surface area is 99.0 Å². The molecule has 0 saturated heterocycles. The van der Waals surface area contributed by atoms with E-state index < -0.39 is 5.24 Å². The number of aromatic nitrogens is 2. The second-order valence-electron chi connectivity index (χ2n) is 4.71. The predicted octanol–water partition coefficient (Wildman–Crippen LogP) is 1.77. The van der Waals surface area contributed by atoms with Crippen LogP contribution in [0.2, 0.25) is 0 Å². The zero-order valence-electron chi connectivity index (χ0n) is 9.63. The summed E-state index contributed by atoms with van der Waals surface area (Å²) in [6.45, 7) is 6.01. The summed E-state index contributed by atoms with van der Waals surface area (Å²) in [5, 5.41) is 5.98. The van der Waals surface area contributed by atoms with Gasteiger partial charge >= 0.3 is 0 Å². The number of hydrogen-bond acceptors (Lipinski definition) is 3. The van der Waals surface area contributed by atoms with E-state index in [1.54, 1.807) is 6.07 Å². The van der Waals surface area contributed by atoms with Crippen LogP contribution in [0.1, 0.15) is 38.4 Å². The van der Waals surface area contributed by atoms with E-state index in [2.05, 4.69) is 10.2 Å². The summed E-state index contributed by atoms with van der Waals surface area (Å²) in [6.07, 6.45) is 0.515. The van der Waals surface area contributed by atoms with Crippen LogP contribution in [0.25, 0.3) is 0 Å². The lowest BCUT2D eigenvalue weighted by Gasteiger charge is -2.17. The van der Waals surface area contributed by atoms with Gasteiger partial charge in [0, 0.05) is 17.4 Å². The molecular weight excluding hydrogens is 228 g/mol. The Morgan fingerprint density at radius 3 is 2.62 bits per heavy atom. The second kappa shape index (κ2) is 4.78. The molecule has 0 aromatic carbocycles. The summed E-state index contributed by atoms with van der Waals surface area (Å²) in [4.78, 5) is 22.1. The van der Waals surface area contributed by atoms with Crippen LogP contribution in [-0.2, 0) is 16.6 Å². The second-order valence-corrected chi connectivity index (χ2v) is 5.13. The molecule has 1 heterocycles. The molecule has 4 nitrogen and oxygen atoms in total. The first-order valence-corrected chi connectivity index (χ1v) is 5.46. The highest BCUT2D eigenvalue weighted by molar-refractivity contribution is 6.63. The molecule has 0 unspecified atom stereocenters. The van der Waals surface area contributed by atoms with E-state index in [-0.39, 0.29) is 17.4 Å². The Morgan fingerprint density at radius 1 is 1.50 bits per heavy atom. The van der Waals surface area contributed by atoms with Crippen LogP contribution in [0, 0.1) is 0 Å². The number of rotatable bonds is 3. The van der Waals surface area contributed by atoms with Gasteiger partial charge in [0.15, 0.2) is 0 Å². The van der Waals surface area contributed by atoms with Crippen LogP contribution in [-0.4, -0.2) is 15.4 Å². The standard InChI is InChI=1S/C11H15ClN2O2/c1-11(2,3)8-6-7(4-5-9(12)15)10(16)14-13-8/h6H,4-5H2,1-3H3,(H,14,16). The van der Waals surface area contributed by atoms with Crippen molar-refractivity contribution in [3.63, 3.8) is 0 Å². The number of nitrogens with zero attached hydrogens (tertiary/aromatic N) is 1. The minimum atomic E-state index is -0.437. The van der Waals surface area contributed by atoms with E-state index >= 15 is 0 Å². The number of halogens is 1. The molecule has 0 aliphatic carbocycles. The molecule has 88 valence electrons. The summed E-state index contributed by atoms with van der Waals surface area (Å²) in [5.74, 6) is 0. The number of carbonyl (C=O) groups is 1. The Kier molecular flexibility index (Phi) is 3.86. The largest absolute Gasteiger partial charge is 0.281 e. The van der Waals surface area contributed by atoms with Crippen LogP contribution >= 0.6 is 11.6 Å². The van der Waals surface area contributed by atoms with E-state index in [4.69, 9.17) is 11.6 Å². The van der Waals surface area contributed by atoms with Crippen molar-refractivity contribution in [2.24, 2.45) is 0 Å². The average Bonchev–Trinajstić information content (AvgIpc) is 2.14. The quantitative estimate of drug-likeness (QED) is 0.822. The van der Waals surface area contributed by atoms with Crippen molar-refractivity contribution in [3.8, 4) is 0 Å².